The molecule has 0 bridgehead atoms. The van der Waals surface area contributed by atoms with E-state index in [1.807, 2.05) is 0 Å². The quantitative estimate of drug-likeness (QED) is 0.337. The largest absolute Gasteiger partial charge is 0.411 e. The Bertz CT molecular complexity index is 312. The Morgan fingerprint density at radius 3 is 1.77 bits per heavy atom. The molecule has 1 aliphatic rings. The van der Waals surface area contributed by atoms with E-state index in [9.17, 15) is 0 Å². The number of rotatable bonds is 5. The van der Waals surface area contributed by atoms with Crippen LogP contribution < -0.4 is 0 Å². The normalized spacial score (nSPS) is 23.1. The van der Waals surface area contributed by atoms with Crippen LogP contribution in [0.4, 0.5) is 0 Å². The van der Waals surface area contributed by atoms with Gasteiger partial charge in [-0.15, -0.1) is 5.16 Å². The van der Waals surface area contributed by atoms with Gasteiger partial charge in [-0.3, -0.25) is 0 Å². The zero-order chi connectivity index (χ0) is 16.5. The molecule has 0 heterocycles. The minimum atomic E-state index is -0.0221. The summed E-state index contributed by atoms with van der Waals surface area (Å²) in [6, 6.07) is 0. The molecule has 0 aromatic rings. The van der Waals surface area contributed by atoms with Gasteiger partial charge in [0.15, 0.2) is 0 Å². The van der Waals surface area contributed by atoms with Crippen molar-refractivity contribution in [3.8, 4) is 0 Å². The average molecular weight is 310 g/mol. The van der Waals surface area contributed by atoms with E-state index in [4.69, 9.17) is 5.21 Å². The van der Waals surface area contributed by atoms with Crippen LogP contribution in [0.15, 0.2) is 5.16 Å². The molecule has 1 atom stereocenters. The third-order valence-electron chi connectivity index (χ3n) is 5.92. The lowest BCUT2D eigenvalue weighted by atomic mass is 9.63. The van der Waals surface area contributed by atoms with E-state index in [0.29, 0.717) is 5.41 Å². The second-order valence-corrected chi connectivity index (χ2v) is 8.52. The van der Waals surface area contributed by atoms with Crippen LogP contribution in [0, 0.1) is 16.7 Å². The van der Waals surface area contributed by atoms with Gasteiger partial charge in [-0.25, -0.2) is 0 Å². The summed E-state index contributed by atoms with van der Waals surface area (Å²) in [4.78, 5) is 0. The van der Waals surface area contributed by atoms with Gasteiger partial charge in [0.2, 0.25) is 0 Å². The van der Waals surface area contributed by atoms with Gasteiger partial charge in [0.1, 0.15) is 0 Å². The molecule has 0 radical (unpaired) electrons. The Kier molecular flexibility index (Phi) is 8.49. The van der Waals surface area contributed by atoms with Crippen molar-refractivity contribution in [2.75, 3.05) is 0 Å². The smallest absolute Gasteiger partial charge is 0.0492 e. The molecule has 0 amide bonds. The Labute approximate surface area is 138 Å². The first-order chi connectivity index (χ1) is 10.4. The van der Waals surface area contributed by atoms with Gasteiger partial charge < -0.3 is 5.21 Å². The first kappa shape index (κ1) is 19.5. The van der Waals surface area contributed by atoms with E-state index < -0.39 is 0 Å². The van der Waals surface area contributed by atoms with Gasteiger partial charge in [-0.2, -0.15) is 0 Å². The van der Waals surface area contributed by atoms with Crippen molar-refractivity contribution in [3.05, 3.63) is 0 Å². The molecule has 0 aromatic carbocycles. The van der Waals surface area contributed by atoms with Crippen molar-refractivity contribution in [1.29, 1.82) is 0 Å². The second-order valence-electron chi connectivity index (χ2n) is 8.52. The number of nitrogens with zero attached hydrogens (tertiary/aromatic N) is 1. The number of hydrogen-bond acceptors (Lipinski definition) is 2. The molecule has 1 rings (SSSR count). The van der Waals surface area contributed by atoms with Crippen molar-refractivity contribution in [2.45, 2.75) is 105 Å². The van der Waals surface area contributed by atoms with Crippen LogP contribution in [-0.4, -0.2) is 11.4 Å². The van der Waals surface area contributed by atoms with Crippen molar-refractivity contribution in [2.24, 2.45) is 21.9 Å². The van der Waals surface area contributed by atoms with Crippen molar-refractivity contribution < 1.29 is 5.21 Å². The molecule has 0 aliphatic heterocycles. The van der Waals surface area contributed by atoms with Gasteiger partial charge in [0.25, 0.3) is 0 Å². The number of oxime groups is 1. The molecule has 2 nitrogen and oxygen atoms in total. The summed E-state index contributed by atoms with van der Waals surface area (Å²) in [7, 11) is 0. The molecule has 0 aromatic heterocycles. The summed E-state index contributed by atoms with van der Waals surface area (Å²) in [6.45, 7) is 9.22. The molecule has 1 unspecified atom stereocenters. The topological polar surface area (TPSA) is 32.6 Å². The lowest BCUT2D eigenvalue weighted by Gasteiger charge is -2.42. The van der Waals surface area contributed by atoms with Crippen molar-refractivity contribution in [1.82, 2.24) is 0 Å². The highest BCUT2D eigenvalue weighted by molar-refractivity contribution is 5.63. The third-order valence-corrected chi connectivity index (χ3v) is 5.92. The van der Waals surface area contributed by atoms with E-state index in [1.165, 1.54) is 70.6 Å². The average Bonchev–Trinajstić information content (AvgIpc) is 2.51. The SMILES string of the molecule is CCC(C)(CC(C)(C)/C=N/O)C1CCCCCCCCCC1. The van der Waals surface area contributed by atoms with Gasteiger partial charge in [0, 0.05) is 11.6 Å². The van der Waals surface area contributed by atoms with Crippen LogP contribution in [0.3, 0.4) is 0 Å². The van der Waals surface area contributed by atoms with Gasteiger partial charge in [0.05, 0.1) is 0 Å². The highest BCUT2D eigenvalue weighted by atomic mass is 16.4. The summed E-state index contributed by atoms with van der Waals surface area (Å²) in [5, 5.41) is 12.3. The van der Waals surface area contributed by atoms with Crippen LogP contribution in [-0.2, 0) is 0 Å². The molecule has 130 valence electrons. The zero-order valence-electron chi connectivity index (χ0n) is 15.5. The summed E-state index contributed by atoms with van der Waals surface area (Å²) >= 11 is 0. The number of hydrogen-bond donors (Lipinski definition) is 1. The van der Waals surface area contributed by atoms with E-state index in [0.717, 1.165) is 12.3 Å². The monoisotopic (exact) mass is 309 g/mol. The van der Waals surface area contributed by atoms with Crippen LogP contribution >= 0.6 is 0 Å². The maximum Gasteiger partial charge on any atom is 0.0492 e. The lowest BCUT2D eigenvalue weighted by Crippen LogP contribution is -2.33. The molecular weight excluding hydrogens is 270 g/mol. The molecule has 1 aliphatic carbocycles. The fourth-order valence-electron chi connectivity index (χ4n) is 4.48. The Morgan fingerprint density at radius 1 is 0.909 bits per heavy atom. The first-order valence-electron chi connectivity index (χ1n) is 9.62. The fourth-order valence-corrected chi connectivity index (χ4v) is 4.48. The predicted molar refractivity (Wildman–Crippen MR) is 96.7 cm³/mol. The highest BCUT2D eigenvalue weighted by Crippen LogP contribution is 2.46. The standard InChI is InChI=1S/C20H39NO/c1-5-20(4,16-19(2,3)17-21-22)18-14-12-10-8-6-7-9-11-13-15-18/h17-18,22H,5-16H2,1-4H3/b21-17+. The van der Waals surface area contributed by atoms with E-state index in [1.54, 1.807) is 6.21 Å². The maximum absolute atomic E-state index is 8.93. The van der Waals surface area contributed by atoms with E-state index in [-0.39, 0.29) is 5.41 Å². The lowest BCUT2D eigenvalue weighted by molar-refractivity contribution is 0.103. The van der Waals surface area contributed by atoms with E-state index >= 15 is 0 Å². The van der Waals surface area contributed by atoms with Crippen LogP contribution in [0.1, 0.15) is 105 Å². The van der Waals surface area contributed by atoms with Gasteiger partial charge in [-0.05, 0) is 30.6 Å². The van der Waals surface area contributed by atoms with Crippen molar-refractivity contribution in [3.63, 3.8) is 0 Å². The summed E-state index contributed by atoms with van der Waals surface area (Å²) < 4.78 is 0. The summed E-state index contributed by atoms with van der Waals surface area (Å²) in [5.74, 6) is 0.821. The summed E-state index contributed by atoms with van der Waals surface area (Å²) in [6.07, 6.45) is 18.2. The molecular formula is C20H39NO. The minimum absolute atomic E-state index is 0.0221. The van der Waals surface area contributed by atoms with Gasteiger partial charge >= 0.3 is 0 Å². The maximum atomic E-state index is 8.93. The Balaban J connectivity index is 2.76. The molecule has 1 fully saturated rings. The first-order valence-corrected chi connectivity index (χ1v) is 9.62. The molecule has 2 heteroatoms. The van der Waals surface area contributed by atoms with Gasteiger partial charge in [-0.1, -0.05) is 85.5 Å². The molecule has 1 N–H and O–H groups in total. The molecule has 0 spiro atoms. The van der Waals surface area contributed by atoms with Crippen molar-refractivity contribution >= 4 is 6.21 Å². The van der Waals surface area contributed by atoms with Crippen LogP contribution in [0.5, 0.6) is 0 Å². The second kappa shape index (κ2) is 9.57. The Hall–Kier alpha value is -0.530. The molecule has 0 saturated heterocycles. The minimum Gasteiger partial charge on any atom is -0.411 e. The molecule has 1 saturated carbocycles. The van der Waals surface area contributed by atoms with Crippen LogP contribution in [0.2, 0.25) is 0 Å². The Morgan fingerprint density at radius 2 is 1.36 bits per heavy atom. The summed E-state index contributed by atoms with van der Waals surface area (Å²) in [5.41, 5.74) is 0.338. The molecule has 22 heavy (non-hydrogen) atoms. The zero-order valence-corrected chi connectivity index (χ0v) is 15.5. The fraction of sp³-hybridized carbons (Fsp3) is 0.950. The van der Waals surface area contributed by atoms with Crippen LogP contribution in [0.25, 0.3) is 0 Å². The predicted octanol–water partition coefficient (Wildman–Crippen LogP) is 6.81. The third kappa shape index (κ3) is 6.71. The highest BCUT2D eigenvalue weighted by Gasteiger charge is 2.36. The van der Waals surface area contributed by atoms with E-state index in [2.05, 4.69) is 32.9 Å².